The highest BCUT2D eigenvalue weighted by Crippen LogP contribution is 2.29. The standard InChI is InChI=1S/C15H17FN2O2S/c1-9(10-5-4-6-11(16)7-10)17-14-18-12(8-21-14)15(2,3)13(19)20/h4-9H,1-3H3,(H,17,18)(H,19,20). The zero-order valence-electron chi connectivity index (χ0n) is 12.1. The van der Waals surface area contributed by atoms with Crippen molar-refractivity contribution in [2.75, 3.05) is 5.32 Å². The molecule has 1 atom stereocenters. The highest BCUT2D eigenvalue weighted by Gasteiger charge is 2.32. The van der Waals surface area contributed by atoms with Crippen LogP contribution in [0.4, 0.5) is 9.52 Å². The van der Waals surface area contributed by atoms with Gasteiger partial charge in [-0.05, 0) is 38.5 Å². The van der Waals surface area contributed by atoms with Crippen LogP contribution < -0.4 is 5.32 Å². The van der Waals surface area contributed by atoms with Gasteiger partial charge in [0.1, 0.15) is 11.2 Å². The number of carbonyl (C=O) groups is 1. The van der Waals surface area contributed by atoms with Gasteiger partial charge in [0, 0.05) is 5.38 Å². The predicted octanol–water partition coefficient (Wildman–Crippen LogP) is 3.82. The van der Waals surface area contributed by atoms with Gasteiger partial charge < -0.3 is 10.4 Å². The van der Waals surface area contributed by atoms with Crippen molar-refractivity contribution in [3.8, 4) is 0 Å². The van der Waals surface area contributed by atoms with E-state index in [9.17, 15) is 14.3 Å². The monoisotopic (exact) mass is 308 g/mol. The second kappa shape index (κ2) is 5.81. The van der Waals surface area contributed by atoms with Crippen molar-refractivity contribution in [1.82, 2.24) is 4.98 Å². The number of anilines is 1. The Hall–Kier alpha value is -1.95. The molecule has 0 amide bonds. The summed E-state index contributed by atoms with van der Waals surface area (Å²) in [5.74, 6) is -1.20. The topological polar surface area (TPSA) is 62.2 Å². The lowest BCUT2D eigenvalue weighted by Crippen LogP contribution is -2.28. The molecule has 112 valence electrons. The number of carboxylic acids is 1. The first kappa shape index (κ1) is 15.4. The van der Waals surface area contributed by atoms with E-state index in [1.807, 2.05) is 13.0 Å². The number of nitrogens with zero attached hydrogens (tertiary/aromatic N) is 1. The van der Waals surface area contributed by atoms with Crippen molar-refractivity contribution >= 4 is 22.4 Å². The number of aromatic nitrogens is 1. The number of hydrogen-bond acceptors (Lipinski definition) is 4. The predicted molar refractivity (Wildman–Crippen MR) is 81.2 cm³/mol. The summed E-state index contributed by atoms with van der Waals surface area (Å²) in [7, 11) is 0. The number of rotatable bonds is 5. The summed E-state index contributed by atoms with van der Waals surface area (Å²) in [5.41, 5.74) is 0.289. The number of carboxylic acid groups (broad SMARTS) is 1. The van der Waals surface area contributed by atoms with Crippen LogP contribution in [0.1, 0.15) is 38.1 Å². The Bertz CT molecular complexity index is 655. The number of hydrogen-bond donors (Lipinski definition) is 2. The maximum Gasteiger partial charge on any atom is 0.315 e. The third-order valence-electron chi connectivity index (χ3n) is 3.37. The van der Waals surface area contributed by atoms with Crippen LogP contribution in [-0.4, -0.2) is 16.1 Å². The lowest BCUT2D eigenvalue weighted by Gasteiger charge is -2.16. The van der Waals surface area contributed by atoms with Crippen molar-refractivity contribution in [2.24, 2.45) is 0 Å². The average molecular weight is 308 g/mol. The molecule has 2 aromatic rings. The van der Waals surface area contributed by atoms with Crippen LogP contribution >= 0.6 is 11.3 Å². The Morgan fingerprint density at radius 3 is 2.81 bits per heavy atom. The van der Waals surface area contributed by atoms with Crippen molar-refractivity contribution in [1.29, 1.82) is 0 Å². The van der Waals surface area contributed by atoms with E-state index in [0.29, 0.717) is 10.8 Å². The molecule has 1 heterocycles. The number of nitrogens with one attached hydrogen (secondary N) is 1. The first-order chi connectivity index (χ1) is 9.80. The van der Waals surface area contributed by atoms with Gasteiger partial charge in [0.05, 0.1) is 11.7 Å². The fourth-order valence-electron chi connectivity index (χ4n) is 1.78. The summed E-state index contributed by atoms with van der Waals surface area (Å²) < 4.78 is 13.2. The van der Waals surface area contributed by atoms with E-state index in [1.165, 1.54) is 23.5 Å². The number of aliphatic carboxylic acids is 1. The SMILES string of the molecule is CC(Nc1nc(C(C)(C)C(=O)O)cs1)c1cccc(F)c1. The highest BCUT2D eigenvalue weighted by molar-refractivity contribution is 7.13. The molecule has 0 fully saturated rings. The zero-order chi connectivity index (χ0) is 15.6. The van der Waals surface area contributed by atoms with Crippen LogP contribution in [-0.2, 0) is 10.2 Å². The minimum Gasteiger partial charge on any atom is -0.481 e. The molecule has 1 unspecified atom stereocenters. The van der Waals surface area contributed by atoms with Crippen LogP contribution in [0, 0.1) is 5.82 Å². The fourth-order valence-corrected chi connectivity index (χ4v) is 2.75. The molecular formula is C15H17FN2O2S. The van der Waals surface area contributed by atoms with Crippen LogP contribution in [0.2, 0.25) is 0 Å². The number of thiazole rings is 1. The average Bonchev–Trinajstić information content (AvgIpc) is 2.87. The maximum atomic E-state index is 13.2. The molecule has 0 aliphatic rings. The molecule has 0 bridgehead atoms. The largest absolute Gasteiger partial charge is 0.481 e. The summed E-state index contributed by atoms with van der Waals surface area (Å²) in [6.07, 6.45) is 0. The highest BCUT2D eigenvalue weighted by atomic mass is 32.1. The van der Waals surface area contributed by atoms with E-state index in [-0.39, 0.29) is 11.9 Å². The molecule has 2 N–H and O–H groups in total. The minimum absolute atomic E-state index is 0.118. The fraction of sp³-hybridized carbons (Fsp3) is 0.333. The van der Waals surface area contributed by atoms with E-state index in [4.69, 9.17) is 0 Å². The quantitative estimate of drug-likeness (QED) is 0.881. The minimum atomic E-state index is -1.03. The molecular weight excluding hydrogens is 291 g/mol. The summed E-state index contributed by atoms with van der Waals surface area (Å²) in [5, 5.41) is 14.7. The smallest absolute Gasteiger partial charge is 0.315 e. The molecule has 0 saturated heterocycles. The second-order valence-corrected chi connectivity index (χ2v) is 6.25. The molecule has 0 spiro atoms. The van der Waals surface area contributed by atoms with Crippen molar-refractivity contribution in [2.45, 2.75) is 32.2 Å². The summed E-state index contributed by atoms with van der Waals surface area (Å²) in [4.78, 5) is 15.5. The van der Waals surface area contributed by atoms with Crippen molar-refractivity contribution in [3.05, 3.63) is 46.7 Å². The molecule has 6 heteroatoms. The molecule has 1 aromatic carbocycles. The van der Waals surface area contributed by atoms with Crippen LogP contribution in [0.15, 0.2) is 29.6 Å². The van der Waals surface area contributed by atoms with Crippen LogP contribution in [0.25, 0.3) is 0 Å². The summed E-state index contributed by atoms with van der Waals surface area (Å²) in [6.45, 7) is 5.13. The van der Waals surface area contributed by atoms with E-state index in [2.05, 4.69) is 10.3 Å². The Balaban J connectivity index is 2.14. The van der Waals surface area contributed by atoms with Gasteiger partial charge in [-0.3, -0.25) is 4.79 Å². The van der Waals surface area contributed by atoms with Crippen LogP contribution in [0.5, 0.6) is 0 Å². The Morgan fingerprint density at radius 1 is 1.48 bits per heavy atom. The maximum absolute atomic E-state index is 13.2. The number of halogens is 1. The molecule has 4 nitrogen and oxygen atoms in total. The lowest BCUT2D eigenvalue weighted by atomic mass is 9.90. The molecule has 2 rings (SSSR count). The third kappa shape index (κ3) is 3.39. The van der Waals surface area contributed by atoms with E-state index in [0.717, 1.165) is 5.56 Å². The van der Waals surface area contributed by atoms with E-state index < -0.39 is 11.4 Å². The Labute approximate surface area is 126 Å². The Kier molecular flexibility index (Phi) is 4.27. The molecule has 21 heavy (non-hydrogen) atoms. The number of benzene rings is 1. The molecule has 0 radical (unpaired) electrons. The Morgan fingerprint density at radius 2 is 2.19 bits per heavy atom. The van der Waals surface area contributed by atoms with Gasteiger partial charge in [-0.2, -0.15) is 0 Å². The lowest BCUT2D eigenvalue weighted by molar-refractivity contribution is -0.142. The zero-order valence-corrected chi connectivity index (χ0v) is 12.9. The van der Waals surface area contributed by atoms with Gasteiger partial charge in [0.15, 0.2) is 5.13 Å². The van der Waals surface area contributed by atoms with E-state index >= 15 is 0 Å². The van der Waals surface area contributed by atoms with Gasteiger partial charge >= 0.3 is 5.97 Å². The molecule has 0 saturated carbocycles. The van der Waals surface area contributed by atoms with Gasteiger partial charge in [0.2, 0.25) is 0 Å². The normalized spacial score (nSPS) is 13.0. The van der Waals surface area contributed by atoms with Gasteiger partial charge in [-0.1, -0.05) is 12.1 Å². The summed E-state index contributed by atoms with van der Waals surface area (Å²) in [6, 6.07) is 6.23. The van der Waals surface area contributed by atoms with E-state index in [1.54, 1.807) is 25.3 Å². The van der Waals surface area contributed by atoms with Crippen LogP contribution in [0.3, 0.4) is 0 Å². The van der Waals surface area contributed by atoms with Crippen molar-refractivity contribution in [3.63, 3.8) is 0 Å². The first-order valence-electron chi connectivity index (χ1n) is 6.52. The van der Waals surface area contributed by atoms with Gasteiger partial charge in [0.25, 0.3) is 0 Å². The van der Waals surface area contributed by atoms with Gasteiger partial charge in [-0.25, -0.2) is 9.37 Å². The molecule has 1 aromatic heterocycles. The van der Waals surface area contributed by atoms with Gasteiger partial charge in [-0.15, -0.1) is 11.3 Å². The summed E-state index contributed by atoms with van der Waals surface area (Å²) >= 11 is 1.34. The molecule has 0 aliphatic heterocycles. The second-order valence-electron chi connectivity index (χ2n) is 5.39. The molecule has 0 aliphatic carbocycles. The first-order valence-corrected chi connectivity index (χ1v) is 7.40. The third-order valence-corrected chi connectivity index (χ3v) is 4.14. The van der Waals surface area contributed by atoms with Crippen molar-refractivity contribution < 1.29 is 14.3 Å².